The zero-order valence-electron chi connectivity index (χ0n) is 9.68. The molecule has 0 aromatic heterocycles. The Morgan fingerprint density at radius 3 is 2.68 bits per heavy atom. The molecule has 1 amide bonds. The van der Waals surface area contributed by atoms with Gasteiger partial charge in [-0.25, -0.2) is 8.78 Å². The average molecular weight is 378 g/mol. The maximum absolute atomic E-state index is 13.8. The van der Waals surface area contributed by atoms with Crippen molar-refractivity contribution in [2.45, 2.75) is 6.42 Å². The van der Waals surface area contributed by atoms with Gasteiger partial charge < -0.3 is 4.90 Å². The molecule has 1 aliphatic rings. The van der Waals surface area contributed by atoms with E-state index >= 15 is 0 Å². The lowest BCUT2D eigenvalue weighted by Gasteiger charge is -2.18. The number of anilines is 1. The largest absolute Gasteiger partial charge is 0.307 e. The summed E-state index contributed by atoms with van der Waals surface area (Å²) in [6.45, 7) is 0.304. The molecule has 0 aliphatic carbocycles. The molecule has 0 spiro atoms. The molecule has 0 bridgehead atoms. The molecule has 0 N–H and O–H groups in total. The maximum Gasteiger partial charge on any atom is 0.227 e. The van der Waals surface area contributed by atoms with Crippen LogP contribution in [0.25, 0.3) is 10.4 Å². The first kappa shape index (κ1) is 14.0. The van der Waals surface area contributed by atoms with Crippen molar-refractivity contribution in [3.63, 3.8) is 0 Å². The maximum atomic E-state index is 13.8. The third-order valence-electron chi connectivity index (χ3n) is 2.86. The number of halogens is 3. The highest BCUT2D eigenvalue weighted by Gasteiger charge is 2.33. The van der Waals surface area contributed by atoms with Crippen LogP contribution in [-0.2, 0) is 4.79 Å². The lowest BCUT2D eigenvalue weighted by atomic mass is 10.1. The number of azide groups is 1. The number of hydrogen-bond donors (Lipinski definition) is 0. The number of carbonyl (C=O) groups is 1. The number of hydrogen-bond acceptors (Lipinski definition) is 2. The zero-order valence-corrected chi connectivity index (χ0v) is 11.8. The Labute approximate surface area is 121 Å². The quantitative estimate of drug-likeness (QED) is 0.345. The Morgan fingerprint density at radius 2 is 2.11 bits per heavy atom. The molecule has 1 unspecified atom stereocenters. The van der Waals surface area contributed by atoms with Crippen LogP contribution in [0.3, 0.4) is 0 Å². The fourth-order valence-electron chi connectivity index (χ4n) is 2.06. The van der Waals surface area contributed by atoms with Crippen molar-refractivity contribution in [3.8, 4) is 0 Å². The summed E-state index contributed by atoms with van der Waals surface area (Å²) >= 11 is 1.80. The second-order valence-electron chi connectivity index (χ2n) is 4.21. The van der Waals surface area contributed by atoms with E-state index in [9.17, 15) is 13.6 Å². The topological polar surface area (TPSA) is 69.1 Å². The summed E-state index contributed by atoms with van der Waals surface area (Å²) in [5.41, 5.74) is 7.91. The molecule has 0 radical (unpaired) electrons. The summed E-state index contributed by atoms with van der Waals surface area (Å²) in [6, 6.07) is 2.35. The van der Waals surface area contributed by atoms with Crippen molar-refractivity contribution in [2.24, 2.45) is 11.0 Å². The van der Waals surface area contributed by atoms with Crippen LogP contribution in [0.5, 0.6) is 0 Å². The number of benzene rings is 1. The predicted molar refractivity (Wildman–Crippen MR) is 73.5 cm³/mol. The van der Waals surface area contributed by atoms with E-state index in [-0.39, 0.29) is 37.0 Å². The van der Waals surface area contributed by atoms with Crippen LogP contribution in [0.1, 0.15) is 6.42 Å². The fourth-order valence-corrected chi connectivity index (χ4v) is 2.61. The van der Waals surface area contributed by atoms with Gasteiger partial charge in [0.05, 0.1) is 0 Å². The normalized spacial score (nSPS) is 18.6. The Hall–Kier alpha value is -1.41. The van der Waals surface area contributed by atoms with E-state index in [1.165, 1.54) is 12.1 Å². The summed E-state index contributed by atoms with van der Waals surface area (Å²) in [7, 11) is 0. The summed E-state index contributed by atoms with van der Waals surface area (Å²) in [5.74, 6) is -2.09. The van der Waals surface area contributed by atoms with Crippen LogP contribution >= 0.6 is 22.6 Å². The first-order chi connectivity index (χ1) is 9.02. The van der Waals surface area contributed by atoms with Gasteiger partial charge in [0.1, 0.15) is 5.69 Å². The van der Waals surface area contributed by atoms with E-state index < -0.39 is 11.6 Å². The van der Waals surface area contributed by atoms with Gasteiger partial charge in [-0.2, -0.15) is 0 Å². The highest BCUT2D eigenvalue weighted by molar-refractivity contribution is 14.1. The fraction of sp³-hybridized carbons (Fsp3) is 0.364. The monoisotopic (exact) mass is 378 g/mol. The Kier molecular flexibility index (Phi) is 4.20. The van der Waals surface area contributed by atoms with Crippen LogP contribution in [0.4, 0.5) is 14.5 Å². The summed E-state index contributed by atoms with van der Waals surface area (Å²) in [5, 5.41) is 3.39. The van der Waals surface area contributed by atoms with E-state index in [1.807, 2.05) is 0 Å². The molecule has 100 valence electrons. The van der Waals surface area contributed by atoms with Crippen molar-refractivity contribution in [3.05, 3.63) is 37.8 Å². The number of amides is 1. The molecule has 8 heteroatoms. The molecule has 1 heterocycles. The molecule has 1 atom stereocenters. The van der Waals surface area contributed by atoms with E-state index in [2.05, 4.69) is 10.0 Å². The van der Waals surface area contributed by atoms with E-state index in [0.717, 1.165) is 4.90 Å². The number of nitrogens with zero attached hydrogens (tertiary/aromatic N) is 4. The first-order valence-corrected chi connectivity index (χ1v) is 6.56. The molecular weight excluding hydrogens is 369 g/mol. The average Bonchev–Trinajstić information content (AvgIpc) is 2.67. The Balaban J connectivity index is 2.28. The highest BCUT2D eigenvalue weighted by Crippen LogP contribution is 2.31. The minimum absolute atomic E-state index is 0.129. The summed E-state index contributed by atoms with van der Waals surface area (Å²) in [4.78, 5) is 15.5. The number of carbonyl (C=O) groups excluding carboxylic acids is 1. The van der Waals surface area contributed by atoms with Gasteiger partial charge in [-0.1, -0.05) is 5.11 Å². The Morgan fingerprint density at radius 1 is 1.47 bits per heavy atom. The van der Waals surface area contributed by atoms with Gasteiger partial charge >= 0.3 is 0 Å². The second kappa shape index (κ2) is 5.70. The Bertz CT molecular complexity index is 551. The van der Waals surface area contributed by atoms with Gasteiger partial charge in [0.2, 0.25) is 5.91 Å². The highest BCUT2D eigenvalue weighted by atomic mass is 127. The van der Waals surface area contributed by atoms with Gasteiger partial charge in [0.15, 0.2) is 11.6 Å². The smallest absolute Gasteiger partial charge is 0.227 e. The van der Waals surface area contributed by atoms with Crippen LogP contribution in [-0.4, -0.2) is 19.0 Å². The van der Waals surface area contributed by atoms with Crippen molar-refractivity contribution in [1.29, 1.82) is 0 Å². The van der Waals surface area contributed by atoms with Gasteiger partial charge in [-0.05, 0) is 46.2 Å². The minimum Gasteiger partial charge on any atom is -0.307 e. The van der Waals surface area contributed by atoms with Gasteiger partial charge in [-0.3, -0.25) is 4.79 Å². The molecule has 1 saturated heterocycles. The van der Waals surface area contributed by atoms with Crippen molar-refractivity contribution >= 4 is 34.2 Å². The van der Waals surface area contributed by atoms with Gasteiger partial charge in [-0.15, -0.1) is 0 Å². The summed E-state index contributed by atoms with van der Waals surface area (Å²) < 4.78 is 28.0. The van der Waals surface area contributed by atoms with Crippen molar-refractivity contribution < 1.29 is 13.6 Å². The van der Waals surface area contributed by atoms with Crippen molar-refractivity contribution in [1.82, 2.24) is 0 Å². The summed E-state index contributed by atoms with van der Waals surface area (Å²) in [6.07, 6.45) is 0.129. The zero-order chi connectivity index (χ0) is 14.0. The molecular formula is C11H9F2IN4O. The molecule has 0 saturated carbocycles. The minimum atomic E-state index is -0.762. The molecule has 1 aliphatic heterocycles. The molecule has 1 aromatic carbocycles. The molecule has 2 rings (SSSR count). The van der Waals surface area contributed by atoms with Gasteiger partial charge in [0, 0.05) is 28.0 Å². The van der Waals surface area contributed by atoms with Crippen molar-refractivity contribution in [2.75, 3.05) is 18.0 Å². The van der Waals surface area contributed by atoms with E-state index in [4.69, 9.17) is 5.53 Å². The lowest BCUT2D eigenvalue weighted by molar-refractivity contribution is -0.117. The predicted octanol–water partition coefficient (Wildman–Crippen LogP) is 3.23. The van der Waals surface area contributed by atoms with E-state index in [0.29, 0.717) is 3.57 Å². The first-order valence-electron chi connectivity index (χ1n) is 5.48. The second-order valence-corrected chi connectivity index (χ2v) is 5.45. The third kappa shape index (κ3) is 2.95. The molecule has 5 nitrogen and oxygen atoms in total. The molecule has 1 fully saturated rings. The number of rotatable bonds is 3. The SMILES string of the molecule is [N-]=[N+]=NCC1CC(=O)N(c2c(F)cc(I)cc2F)C1. The van der Waals surface area contributed by atoms with Crippen LogP contribution in [0.2, 0.25) is 0 Å². The standard InChI is InChI=1S/C11H9F2IN4O/c12-8-2-7(14)3-9(13)11(8)18-5-6(1-10(18)19)4-16-17-15/h2-3,6H,1,4-5H2. The third-order valence-corrected chi connectivity index (χ3v) is 3.48. The van der Waals surface area contributed by atoms with Crippen LogP contribution in [0.15, 0.2) is 17.2 Å². The van der Waals surface area contributed by atoms with Gasteiger partial charge in [0.25, 0.3) is 0 Å². The van der Waals surface area contributed by atoms with Crippen LogP contribution in [0, 0.1) is 21.1 Å². The molecule has 19 heavy (non-hydrogen) atoms. The molecule has 1 aromatic rings. The lowest BCUT2D eigenvalue weighted by Crippen LogP contribution is -2.27. The van der Waals surface area contributed by atoms with E-state index in [1.54, 1.807) is 22.6 Å². The van der Waals surface area contributed by atoms with Crippen LogP contribution < -0.4 is 4.90 Å².